The molecule has 7 heteroatoms. The van der Waals surface area contributed by atoms with Gasteiger partial charge in [0.15, 0.2) is 0 Å². The molecule has 0 unspecified atom stereocenters. The van der Waals surface area contributed by atoms with E-state index in [4.69, 9.17) is 13.6 Å². The van der Waals surface area contributed by atoms with Crippen LogP contribution in [0.3, 0.4) is 0 Å². The molecule has 0 radical (unpaired) electrons. The number of aryl methyl sites for hydroxylation is 2. The molecule has 0 saturated carbocycles. The molecule has 0 fully saturated rings. The van der Waals surface area contributed by atoms with Crippen molar-refractivity contribution in [2.24, 2.45) is 7.05 Å². The fourth-order valence-electron chi connectivity index (χ4n) is 2.05. The largest absolute Gasteiger partial charge is 0.474 e. The van der Waals surface area contributed by atoms with Crippen molar-refractivity contribution in [3.05, 3.63) is 18.7 Å². The number of phosphoric ester groups is 1. The molecule has 1 heterocycles. The number of rotatable bonds is 15. The monoisotopic (exact) mass is 405 g/mol. The Morgan fingerprint density at radius 3 is 1.59 bits per heavy atom. The molecular weight excluding hydrogens is 363 g/mol. The van der Waals surface area contributed by atoms with Gasteiger partial charge in [0.25, 0.3) is 0 Å². The Labute approximate surface area is 166 Å². The summed E-state index contributed by atoms with van der Waals surface area (Å²) in [5, 5.41) is 0. The van der Waals surface area contributed by atoms with E-state index in [-0.39, 0.29) is 0 Å². The SMILES string of the molecule is CCCCOP(=O)(OCCCC)OCCCC.CCCCn1cc[n+](C)c1. The van der Waals surface area contributed by atoms with Crippen molar-refractivity contribution in [1.29, 1.82) is 0 Å². The predicted octanol–water partition coefficient (Wildman–Crippen LogP) is 5.66. The van der Waals surface area contributed by atoms with Crippen LogP contribution < -0.4 is 4.57 Å². The molecular formula is C20H42N2O4P+. The average molecular weight is 406 g/mol. The van der Waals surface area contributed by atoms with Gasteiger partial charge in [0, 0.05) is 0 Å². The normalized spacial score (nSPS) is 11.3. The van der Waals surface area contributed by atoms with Gasteiger partial charge in [0.05, 0.1) is 33.4 Å². The molecule has 0 N–H and O–H groups in total. The first-order valence-corrected chi connectivity index (χ1v) is 12.0. The highest BCUT2D eigenvalue weighted by atomic mass is 31.2. The van der Waals surface area contributed by atoms with Crippen LogP contribution in [-0.2, 0) is 31.7 Å². The number of imidazole rings is 1. The zero-order valence-electron chi connectivity index (χ0n) is 18.2. The molecule has 0 atom stereocenters. The molecule has 0 aliphatic carbocycles. The summed E-state index contributed by atoms with van der Waals surface area (Å²) in [6.45, 7) is 10.9. The minimum atomic E-state index is -3.31. The van der Waals surface area contributed by atoms with Gasteiger partial charge in [0.1, 0.15) is 12.4 Å². The lowest BCUT2D eigenvalue weighted by molar-refractivity contribution is -0.671. The van der Waals surface area contributed by atoms with Crippen LogP contribution in [0.15, 0.2) is 18.7 Å². The minimum absolute atomic E-state index is 0.437. The van der Waals surface area contributed by atoms with Crippen LogP contribution in [0.25, 0.3) is 0 Å². The fraction of sp³-hybridized carbons (Fsp3) is 0.850. The second-order valence-corrected chi connectivity index (χ2v) is 8.35. The molecule has 0 amide bonds. The Morgan fingerprint density at radius 1 is 0.815 bits per heavy atom. The predicted molar refractivity (Wildman–Crippen MR) is 111 cm³/mol. The van der Waals surface area contributed by atoms with Gasteiger partial charge in [-0.1, -0.05) is 53.4 Å². The highest BCUT2D eigenvalue weighted by Crippen LogP contribution is 2.49. The van der Waals surface area contributed by atoms with Crippen LogP contribution in [0.4, 0.5) is 0 Å². The first kappa shape index (κ1) is 26.3. The van der Waals surface area contributed by atoms with Crippen molar-refractivity contribution in [3.8, 4) is 0 Å². The Balaban J connectivity index is 0.000000569. The molecule has 0 bridgehead atoms. The number of phosphoric acid groups is 1. The minimum Gasteiger partial charge on any atom is -0.287 e. The number of hydrogen-bond acceptors (Lipinski definition) is 4. The summed E-state index contributed by atoms with van der Waals surface area (Å²) in [7, 11) is -1.26. The summed E-state index contributed by atoms with van der Waals surface area (Å²) in [5.41, 5.74) is 0. The van der Waals surface area contributed by atoms with Gasteiger partial charge in [-0.25, -0.2) is 13.7 Å². The molecule has 0 aliphatic rings. The Hall–Kier alpha value is -0.680. The highest BCUT2D eigenvalue weighted by Gasteiger charge is 2.25. The second kappa shape index (κ2) is 17.4. The number of nitrogens with zero attached hydrogens (tertiary/aromatic N) is 2. The zero-order valence-corrected chi connectivity index (χ0v) is 19.1. The van der Waals surface area contributed by atoms with Gasteiger partial charge < -0.3 is 0 Å². The Bertz CT molecular complexity index is 461. The van der Waals surface area contributed by atoms with E-state index in [1.807, 2.05) is 7.05 Å². The van der Waals surface area contributed by atoms with Crippen molar-refractivity contribution in [3.63, 3.8) is 0 Å². The molecule has 1 rings (SSSR count). The van der Waals surface area contributed by atoms with E-state index < -0.39 is 7.82 Å². The van der Waals surface area contributed by atoms with Crippen LogP contribution in [0.5, 0.6) is 0 Å². The van der Waals surface area contributed by atoms with Gasteiger partial charge in [-0.2, -0.15) is 0 Å². The van der Waals surface area contributed by atoms with Crippen molar-refractivity contribution in [1.82, 2.24) is 4.57 Å². The van der Waals surface area contributed by atoms with Crippen LogP contribution >= 0.6 is 7.82 Å². The zero-order chi connectivity index (χ0) is 20.4. The topological polar surface area (TPSA) is 53.6 Å². The van der Waals surface area contributed by atoms with Gasteiger partial charge in [-0.05, 0) is 25.7 Å². The van der Waals surface area contributed by atoms with E-state index in [0.29, 0.717) is 19.8 Å². The maximum absolute atomic E-state index is 12.2. The smallest absolute Gasteiger partial charge is 0.287 e. The molecule has 1 aromatic rings. The van der Waals surface area contributed by atoms with E-state index in [1.165, 1.54) is 12.8 Å². The summed E-state index contributed by atoms with van der Waals surface area (Å²) < 4.78 is 32.3. The van der Waals surface area contributed by atoms with E-state index in [1.54, 1.807) is 0 Å². The first-order chi connectivity index (χ1) is 13.0. The summed E-state index contributed by atoms with van der Waals surface area (Å²) in [5.74, 6) is 0. The van der Waals surface area contributed by atoms with Crippen molar-refractivity contribution < 1.29 is 22.7 Å². The maximum Gasteiger partial charge on any atom is 0.474 e. The average Bonchev–Trinajstić information content (AvgIpc) is 3.06. The lowest BCUT2D eigenvalue weighted by Gasteiger charge is -2.17. The van der Waals surface area contributed by atoms with E-state index in [2.05, 4.69) is 55.6 Å². The Morgan fingerprint density at radius 2 is 1.26 bits per heavy atom. The number of hydrogen-bond donors (Lipinski definition) is 0. The summed E-state index contributed by atoms with van der Waals surface area (Å²) >= 11 is 0. The molecule has 1 aromatic heterocycles. The third-order valence-electron chi connectivity index (χ3n) is 3.84. The third kappa shape index (κ3) is 15.0. The lowest BCUT2D eigenvalue weighted by Crippen LogP contribution is -2.23. The van der Waals surface area contributed by atoms with E-state index in [0.717, 1.165) is 45.1 Å². The lowest BCUT2D eigenvalue weighted by atomic mass is 10.3. The quantitative estimate of drug-likeness (QED) is 0.215. The molecule has 0 aromatic carbocycles. The van der Waals surface area contributed by atoms with Gasteiger partial charge in [-0.15, -0.1) is 0 Å². The summed E-state index contributed by atoms with van der Waals surface area (Å²) in [6, 6.07) is 0. The van der Waals surface area contributed by atoms with Crippen molar-refractivity contribution in [2.75, 3.05) is 19.8 Å². The standard InChI is InChI=1S/C12H27O4P.C8H15N2/c1-4-7-10-14-17(13,15-11-8-5-2)16-12-9-6-3;1-3-4-5-10-7-6-9(2)8-10/h4-12H2,1-3H3;6-8H,3-5H2,1-2H3/q;+1. The third-order valence-corrected chi connectivity index (χ3v) is 5.33. The van der Waals surface area contributed by atoms with Crippen molar-refractivity contribution >= 4 is 7.82 Å². The van der Waals surface area contributed by atoms with Crippen LogP contribution in [0.1, 0.15) is 79.1 Å². The van der Waals surface area contributed by atoms with Gasteiger partial charge >= 0.3 is 7.82 Å². The maximum atomic E-state index is 12.2. The van der Waals surface area contributed by atoms with Crippen LogP contribution in [0.2, 0.25) is 0 Å². The first-order valence-electron chi connectivity index (χ1n) is 10.6. The number of aromatic nitrogens is 2. The molecule has 6 nitrogen and oxygen atoms in total. The molecule has 160 valence electrons. The fourth-order valence-corrected chi connectivity index (χ4v) is 3.33. The molecule has 27 heavy (non-hydrogen) atoms. The molecule has 0 aliphatic heterocycles. The Kier molecular flexibility index (Phi) is 17.0. The highest BCUT2D eigenvalue weighted by molar-refractivity contribution is 7.48. The number of unbranched alkanes of at least 4 members (excludes halogenated alkanes) is 4. The summed E-state index contributed by atoms with van der Waals surface area (Å²) in [6.07, 6.45) is 14.4. The van der Waals surface area contributed by atoms with Crippen LogP contribution in [-0.4, -0.2) is 24.4 Å². The van der Waals surface area contributed by atoms with Crippen LogP contribution in [0, 0.1) is 0 Å². The van der Waals surface area contributed by atoms with E-state index in [9.17, 15) is 4.57 Å². The molecule has 0 spiro atoms. The van der Waals surface area contributed by atoms with Gasteiger partial charge in [-0.3, -0.25) is 13.6 Å². The van der Waals surface area contributed by atoms with E-state index >= 15 is 0 Å². The molecule has 0 saturated heterocycles. The second-order valence-electron chi connectivity index (χ2n) is 6.68. The summed E-state index contributed by atoms with van der Waals surface area (Å²) in [4.78, 5) is 0. The van der Waals surface area contributed by atoms with Gasteiger partial charge in [0.2, 0.25) is 6.33 Å². The van der Waals surface area contributed by atoms with Crippen molar-refractivity contribution in [2.45, 2.75) is 85.6 Å².